The number of allylic oxidation sites excluding steroid dienone is 9. The van der Waals surface area contributed by atoms with Crippen molar-refractivity contribution in [2.24, 2.45) is 11.8 Å². The van der Waals surface area contributed by atoms with E-state index in [2.05, 4.69) is 277 Å². The zero-order valence-corrected chi connectivity index (χ0v) is 41.5. The Balaban J connectivity index is 0.904. The van der Waals surface area contributed by atoms with Gasteiger partial charge in [-0.25, -0.2) is 9.97 Å². The number of rotatable bonds is 10. The molecule has 0 bridgehead atoms. The first-order valence-electron chi connectivity index (χ1n) is 26.2. The Morgan fingerprint density at radius 1 is 0.453 bits per heavy atom. The molecule has 4 nitrogen and oxygen atoms in total. The minimum atomic E-state index is 0.592. The molecule has 0 spiro atoms. The summed E-state index contributed by atoms with van der Waals surface area (Å²) in [5.41, 5.74) is 24.5. The summed E-state index contributed by atoms with van der Waals surface area (Å²) in [5, 5.41) is 0. The topological polar surface area (TPSA) is 32.3 Å². The number of nitrogens with zero attached hydrogens (tertiary/aromatic N) is 4. The molecule has 1 aromatic heterocycles. The van der Waals surface area contributed by atoms with Crippen LogP contribution in [0.15, 0.2) is 284 Å². The van der Waals surface area contributed by atoms with Crippen molar-refractivity contribution in [1.29, 1.82) is 0 Å². The lowest BCUT2D eigenvalue weighted by atomic mass is 9.90. The number of hydrogen-bond donors (Lipinski definition) is 0. The van der Waals surface area contributed by atoms with Gasteiger partial charge in [0.15, 0.2) is 0 Å². The van der Waals surface area contributed by atoms with Crippen LogP contribution in [0.5, 0.6) is 0 Å². The summed E-state index contributed by atoms with van der Waals surface area (Å²) in [4.78, 5) is 16.5. The predicted octanol–water partition coefficient (Wildman–Crippen LogP) is 18.3. The Labute approximate surface area is 439 Å². The predicted molar refractivity (Wildman–Crippen MR) is 312 cm³/mol. The molecule has 14 rings (SSSR count). The lowest BCUT2D eigenvalue weighted by Crippen LogP contribution is -2.26. The second-order valence-electron chi connectivity index (χ2n) is 20.0. The summed E-state index contributed by atoms with van der Waals surface area (Å²) in [5.74, 6) is 1.25. The first-order chi connectivity index (χ1) is 37.2. The normalized spacial score (nSPS) is 16.2. The zero-order chi connectivity index (χ0) is 49.7. The number of benzene rings is 9. The lowest BCUT2D eigenvalue weighted by molar-refractivity contribution is 0.822. The van der Waals surface area contributed by atoms with Gasteiger partial charge in [0.1, 0.15) is 0 Å². The quantitative estimate of drug-likeness (QED) is 0.137. The second kappa shape index (κ2) is 18.9. The first kappa shape index (κ1) is 44.3. The molecule has 75 heavy (non-hydrogen) atoms. The van der Waals surface area contributed by atoms with Crippen LogP contribution in [-0.2, 0) is 6.42 Å². The zero-order valence-electron chi connectivity index (χ0n) is 41.5. The third-order valence-electron chi connectivity index (χ3n) is 15.4. The molecule has 1 saturated carbocycles. The number of anilines is 4. The van der Waals surface area contributed by atoms with Crippen LogP contribution in [0.4, 0.5) is 22.7 Å². The molecule has 1 fully saturated rings. The number of para-hydroxylation sites is 1. The van der Waals surface area contributed by atoms with Crippen molar-refractivity contribution in [2.75, 3.05) is 9.80 Å². The largest absolute Gasteiger partial charge is 0.314 e. The Morgan fingerprint density at radius 2 is 0.987 bits per heavy atom. The third-order valence-corrected chi connectivity index (χ3v) is 15.4. The van der Waals surface area contributed by atoms with Crippen molar-refractivity contribution in [2.45, 2.75) is 19.3 Å². The molecule has 0 radical (unpaired) electrons. The van der Waals surface area contributed by atoms with Crippen molar-refractivity contribution >= 4 is 33.8 Å². The van der Waals surface area contributed by atoms with Crippen LogP contribution in [0.25, 0.3) is 78.1 Å². The van der Waals surface area contributed by atoms with E-state index in [4.69, 9.17) is 9.97 Å². The third kappa shape index (κ3) is 8.31. The van der Waals surface area contributed by atoms with Gasteiger partial charge in [-0.1, -0.05) is 206 Å². The molecule has 0 amide bonds. The first-order valence-corrected chi connectivity index (χ1v) is 26.2. The summed E-state index contributed by atoms with van der Waals surface area (Å²) < 4.78 is 0. The summed E-state index contributed by atoms with van der Waals surface area (Å²) in [7, 11) is 0. The molecule has 10 aromatic rings. The van der Waals surface area contributed by atoms with Gasteiger partial charge in [-0.2, -0.15) is 0 Å². The van der Waals surface area contributed by atoms with Gasteiger partial charge < -0.3 is 9.80 Å². The molecular formula is C71H52N4. The van der Waals surface area contributed by atoms with Gasteiger partial charge in [0.2, 0.25) is 0 Å². The van der Waals surface area contributed by atoms with Crippen LogP contribution in [0.1, 0.15) is 18.4 Å². The van der Waals surface area contributed by atoms with Gasteiger partial charge in [-0.3, -0.25) is 0 Å². The molecule has 2 unspecified atom stereocenters. The van der Waals surface area contributed by atoms with Crippen LogP contribution in [0.3, 0.4) is 0 Å². The summed E-state index contributed by atoms with van der Waals surface area (Å²) >= 11 is 0. The van der Waals surface area contributed by atoms with Crippen LogP contribution in [0.2, 0.25) is 0 Å². The maximum absolute atomic E-state index is 5.79. The fourth-order valence-electron chi connectivity index (χ4n) is 11.6. The average molecular weight is 961 g/mol. The summed E-state index contributed by atoms with van der Waals surface area (Å²) in [6, 6.07) is 80.9. The standard InChI is InChI=1S/C71H52N4/c1-2-13-30-59(29-12-1)74(61-38-40-62(41-39-61)75-66-31-15-14-24-57(66)46-58-33-32-56-47-65(56)71(58)75)60-36-34-51(35-37-60)68-67(50-22-10-5-11-23-50)72-69-63(54-27-16-25-52(44-54)48-18-6-3-7-19-48)42-43-64(70(69)73-68)55-28-17-26-53(45-55)49-20-8-4-9-21-49/h1-29,31-45,56,65H,30,46-47H2. The molecule has 1 aliphatic heterocycles. The van der Waals surface area contributed by atoms with Gasteiger partial charge in [-0.05, 0) is 118 Å². The van der Waals surface area contributed by atoms with Crippen molar-refractivity contribution in [1.82, 2.24) is 9.97 Å². The highest BCUT2D eigenvalue weighted by atomic mass is 15.2. The van der Waals surface area contributed by atoms with E-state index in [1.807, 2.05) is 0 Å². The fourth-order valence-corrected chi connectivity index (χ4v) is 11.6. The highest BCUT2D eigenvalue weighted by molar-refractivity contribution is 6.03. The van der Waals surface area contributed by atoms with E-state index in [1.165, 1.54) is 51.5 Å². The molecule has 4 aliphatic rings. The van der Waals surface area contributed by atoms with Gasteiger partial charge in [0.05, 0.1) is 22.4 Å². The Hall–Kier alpha value is -9.38. The lowest BCUT2D eigenvalue weighted by Gasteiger charge is -2.37. The van der Waals surface area contributed by atoms with E-state index in [-0.39, 0.29) is 0 Å². The van der Waals surface area contributed by atoms with Gasteiger partial charge in [0, 0.05) is 75.2 Å². The van der Waals surface area contributed by atoms with Crippen molar-refractivity contribution in [3.05, 3.63) is 290 Å². The molecule has 0 N–H and O–H groups in total. The van der Waals surface area contributed by atoms with Crippen molar-refractivity contribution in [3.8, 4) is 67.0 Å². The minimum Gasteiger partial charge on any atom is -0.314 e. The van der Waals surface area contributed by atoms with E-state index in [1.54, 1.807) is 0 Å². The number of hydrogen-bond acceptors (Lipinski definition) is 4. The second-order valence-corrected chi connectivity index (χ2v) is 20.0. The minimum absolute atomic E-state index is 0.592. The van der Waals surface area contributed by atoms with Crippen LogP contribution >= 0.6 is 0 Å². The molecule has 3 aliphatic carbocycles. The molecule has 2 atom stereocenters. The molecule has 356 valence electrons. The van der Waals surface area contributed by atoms with Crippen molar-refractivity contribution in [3.63, 3.8) is 0 Å². The fraction of sp³-hybridized carbons (Fsp3) is 0.0704. The summed E-state index contributed by atoms with van der Waals surface area (Å²) in [6.07, 6.45) is 18.7. The van der Waals surface area contributed by atoms with Crippen LogP contribution in [0, 0.1) is 11.8 Å². The van der Waals surface area contributed by atoms with Gasteiger partial charge in [-0.15, -0.1) is 0 Å². The van der Waals surface area contributed by atoms with Gasteiger partial charge in [0.25, 0.3) is 0 Å². The molecule has 4 heteroatoms. The van der Waals surface area contributed by atoms with Crippen LogP contribution < -0.4 is 9.80 Å². The number of fused-ring (bicyclic) bond motifs is 4. The highest BCUT2D eigenvalue weighted by Crippen LogP contribution is 2.55. The van der Waals surface area contributed by atoms with Crippen molar-refractivity contribution < 1.29 is 0 Å². The maximum Gasteiger partial charge on any atom is 0.0979 e. The van der Waals surface area contributed by atoms with Gasteiger partial charge >= 0.3 is 0 Å². The monoisotopic (exact) mass is 960 g/mol. The maximum atomic E-state index is 5.79. The van der Waals surface area contributed by atoms with Crippen LogP contribution in [-0.4, -0.2) is 9.97 Å². The summed E-state index contributed by atoms with van der Waals surface area (Å²) in [6.45, 7) is 0. The van der Waals surface area contributed by atoms with E-state index in [0.29, 0.717) is 11.8 Å². The SMILES string of the molecule is C1=CC=C(N(c2ccc(-c3nc4c(-c5cccc(-c6ccccc6)c5)ccc(-c5cccc(-c6ccccc6)c5)c4nc3-c3ccccc3)cc2)c2ccc(N3C4=C(C=CC5CC45)Cc4ccccc43)cc2)CC=C1. The average Bonchev–Trinajstić information content (AvgIpc) is 4.33. The Bertz CT molecular complexity index is 3960. The highest BCUT2D eigenvalue weighted by Gasteiger charge is 2.45. The van der Waals surface area contributed by atoms with E-state index < -0.39 is 0 Å². The molecular weight excluding hydrogens is 909 g/mol. The number of aromatic nitrogens is 2. The Morgan fingerprint density at radius 3 is 1.61 bits per heavy atom. The van der Waals surface area contributed by atoms with E-state index in [0.717, 1.165) is 91.1 Å². The molecule has 9 aromatic carbocycles. The Kier molecular flexibility index (Phi) is 11.2. The smallest absolute Gasteiger partial charge is 0.0979 e. The van der Waals surface area contributed by atoms with E-state index >= 15 is 0 Å². The van der Waals surface area contributed by atoms with E-state index in [9.17, 15) is 0 Å². The molecule has 2 heterocycles. The molecule has 0 saturated heterocycles.